The number of nitrogens with zero attached hydrogens (tertiary/aromatic N) is 7. The number of aliphatic hydroxyl groups excluding tert-OH is 1. The maximum Gasteiger partial charge on any atom is 0.307 e. The lowest BCUT2D eigenvalue weighted by Crippen LogP contribution is -2.38. The van der Waals surface area contributed by atoms with Crippen LogP contribution in [0.2, 0.25) is 0 Å². The van der Waals surface area contributed by atoms with Crippen molar-refractivity contribution >= 4 is 65.5 Å². The molecule has 21 nitrogen and oxygen atoms in total. The molecule has 81 heavy (non-hydrogen) atoms. The minimum Gasteiger partial charge on any atom is -0.492 e. The summed E-state index contributed by atoms with van der Waals surface area (Å²) in [6.45, 7) is 13.7. The van der Waals surface area contributed by atoms with Gasteiger partial charge in [0.25, 0.3) is 11.8 Å². The van der Waals surface area contributed by atoms with E-state index in [9.17, 15) is 29.1 Å². The van der Waals surface area contributed by atoms with Crippen LogP contribution in [0, 0.1) is 0 Å². The fourth-order valence-corrected chi connectivity index (χ4v) is 10.6. The van der Waals surface area contributed by atoms with Crippen LogP contribution < -0.4 is 14.2 Å². The summed E-state index contributed by atoms with van der Waals surface area (Å²) in [5.74, 6) is 0.702. The maximum atomic E-state index is 13.7. The Morgan fingerprint density at radius 2 is 1.27 bits per heavy atom. The number of aliphatic imine (C=N–C) groups is 2. The number of esters is 1. The van der Waals surface area contributed by atoms with Gasteiger partial charge in [0.2, 0.25) is 5.91 Å². The van der Waals surface area contributed by atoms with Crippen LogP contribution in [0.4, 0.5) is 11.4 Å². The Bertz CT molecular complexity index is 2820. The lowest BCUT2D eigenvalue weighted by Gasteiger charge is -2.30. The Kier molecular flexibility index (Phi) is 23.4. The summed E-state index contributed by atoms with van der Waals surface area (Å²) in [6, 6.07) is 9.64. The standard InChI is InChI=1S/C59H77N7O14S/c1-8-40-22-46-30-60-51-28-53(42(34-67)24-49(51)57(71)65(46)32-40)79-36-44-26-48(27-45(62-44)37-80-54-29-52-50(25-43(54)35-68)58(72)66-33-41(9-2)23-47(66)31-61-52)78-15-11-63(5)39-59(3,4)81-38-55(69)64(6)12-14-75-17-19-77-21-20-76-18-16-74-13-10-56(70)73-7/h8-9,24-31,34,46-47,68H,10-23,32-33,35-39H2,1-7H3/b40-8+,41-9+/t46-,47-/m0/s1. The van der Waals surface area contributed by atoms with E-state index in [2.05, 4.69) is 28.5 Å². The van der Waals surface area contributed by atoms with Crippen molar-refractivity contribution in [1.29, 1.82) is 0 Å². The van der Waals surface area contributed by atoms with Crippen molar-refractivity contribution in [3.05, 3.63) is 93.3 Å². The van der Waals surface area contributed by atoms with Crippen LogP contribution >= 0.6 is 11.8 Å². The molecule has 4 aliphatic rings. The van der Waals surface area contributed by atoms with E-state index in [0.717, 1.165) is 5.57 Å². The number of amides is 3. The number of likely N-dealkylation sites (N-methyl/N-ethyl adjacent to an activating group) is 2. The SMILES string of the molecule is C/C=C1\C[C@H]2C=Nc3cc(OCc4cc(OCCN(C)CC(C)(C)SCC(=O)N(C)CCOCCOCCOCCOCCC(=O)OC)cc(COc5cc6c(cc5CO)C(=O)N5C/C(=C/C)C[C@H]5C=N6)n4)c(C=O)cc3C(=O)N2C1. The molecule has 3 amide bonds. The van der Waals surface area contributed by atoms with Crippen LogP contribution in [0.15, 0.2) is 69.7 Å². The highest BCUT2D eigenvalue weighted by Gasteiger charge is 2.36. The zero-order valence-corrected chi connectivity index (χ0v) is 48.5. The molecule has 0 bridgehead atoms. The summed E-state index contributed by atoms with van der Waals surface area (Å²) < 4.78 is 45.3. The molecular weight excluding hydrogens is 1060 g/mol. The van der Waals surface area contributed by atoms with Gasteiger partial charge in [0.1, 0.15) is 37.1 Å². The molecule has 2 atom stereocenters. The van der Waals surface area contributed by atoms with Crippen LogP contribution in [0.1, 0.15) is 95.0 Å². The number of benzene rings is 2. The van der Waals surface area contributed by atoms with E-state index in [0.29, 0.717) is 161 Å². The van der Waals surface area contributed by atoms with E-state index in [1.165, 1.54) is 18.7 Å². The molecule has 4 aliphatic heterocycles. The van der Waals surface area contributed by atoms with Gasteiger partial charge in [0, 0.05) is 86.8 Å². The number of ether oxygens (including phenoxy) is 8. The maximum absolute atomic E-state index is 13.7. The number of fused-ring (bicyclic) bond motifs is 4. The molecule has 0 spiro atoms. The summed E-state index contributed by atoms with van der Waals surface area (Å²) >= 11 is 1.58. The van der Waals surface area contributed by atoms with Crippen molar-refractivity contribution in [1.82, 2.24) is 24.6 Å². The predicted octanol–water partition coefficient (Wildman–Crippen LogP) is 6.21. The number of thioether (sulfide) groups is 1. The van der Waals surface area contributed by atoms with Gasteiger partial charge in [-0.05, 0) is 59.7 Å². The lowest BCUT2D eigenvalue weighted by atomic mass is 10.1. The minimum absolute atomic E-state index is 0.00105. The van der Waals surface area contributed by atoms with E-state index in [1.807, 2.05) is 33.0 Å². The Morgan fingerprint density at radius 3 is 1.83 bits per heavy atom. The number of allylic oxidation sites excluding steroid dienone is 2. The van der Waals surface area contributed by atoms with E-state index < -0.39 is 0 Å². The first-order chi connectivity index (χ1) is 39.1. The smallest absolute Gasteiger partial charge is 0.307 e. The van der Waals surface area contributed by atoms with Crippen molar-refractivity contribution in [3.63, 3.8) is 0 Å². The minimum atomic E-state index is -0.381. The first-order valence-electron chi connectivity index (χ1n) is 27.3. The Hall–Kier alpha value is -6.53. The van der Waals surface area contributed by atoms with Gasteiger partial charge in [-0.25, -0.2) is 0 Å². The molecule has 1 N–H and O–H groups in total. The average Bonchev–Trinajstić information content (AvgIpc) is 4.15. The quantitative estimate of drug-likeness (QED) is 0.0317. The number of hydrogen-bond donors (Lipinski definition) is 1. The second-order valence-electron chi connectivity index (χ2n) is 20.6. The van der Waals surface area contributed by atoms with Gasteiger partial charge in [-0.1, -0.05) is 23.3 Å². The molecule has 7 rings (SSSR count). The predicted molar refractivity (Wildman–Crippen MR) is 307 cm³/mol. The molecule has 3 aromatic rings. The Labute approximate surface area is 478 Å². The zero-order chi connectivity index (χ0) is 57.9. The Morgan fingerprint density at radius 1 is 0.728 bits per heavy atom. The molecule has 0 saturated carbocycles. The fraction of sp³-hybridized carbons (Fsp3) is 0.525. The van der Waals surface area contributed by atoms with Crippen LogP contribution in [0.25, 0.3) is 0 Å². The third kappa shape index (κ3) is 17.7. The Balaban J connectivity index is 0.923. The monoisotopic (exact) mass is 1140 g/mol. The van der Waals surface area contributed by atoms with Gasteiger partial charge in [0.05, 0.1) is 130 Å². The number of aromatic nitrogens is 1. The van der Waals surface area contributed by atoms with Crippen molar-refractivity contribution in [2.24, 2.45) is 9.98 Å². The highest BCUT2D eigenvalue weighted by atomic mass is 32.2. The molecule has 5 heterocycles. The molecule has 2 aromatic carbocycles. The summed E-state index contributed by atoms with van der Waals surface area (Å²) in [5, 5.41) is 10.5. The van der Waals surface area contributed by atoms with Gasteiger partial charge in [-0.15, -0.1) is 11.8 Å². The molecule has 22 heteroatoms. The van der Waals surface area contributed by atoms with Crippen molar-refractivity contribution < 1.29 is 67.0 Å². The van der Waals surface area contributed by atoms with E-state index in [1.54, 1.807) is 76.3 Å². The number of methoxy groups -OCH3 is 1. The van der Waals surface area contributed by atoms with Crippen molar-refractivity contribution in [2.75, 3.05) is 119 Å². The van der Waals surface area contributed by atoms with Crippen LogP contribution in [0.5, 0.6) is 17.2 Å². The normalized spacial score (nSPS) is 17.5. The topological polar surface area (TPSA) is 230 Å². The number of pyridine rings is 1. The fourth-order valence-electron chi connectivity index (χ4n) is 9.52. The summed E-state index contributed by atoms with van der Waals surface area (Å²) in [6.07, 6.45) is 9.90. The summed E-state index contributed by atoms with van der Waals surface area (Å²) in [4.78, 5) is 85.7. The number of rotatable bonds is 32. The third-order valence-electron chi connectivity index (χ3n) is 14.1. The molecule has 0 unspecified atom stereocenters. The average molecular weight is 1140 g/mol. The third-order valence-corrected chi connectivity index (χ3v) is 15.4. The van der Waals surface area contributed by atoms with E-state index >= 15 is 0 Å². The number of aliphatic hydroxyl groups is 1. The van der Waals surface area contributed by atoms with Gasteiger partial charge in [-0.2, -0.15) is 0 Å². The van der Waals surface area contributed by atoms with Gasteiger partial charge in [0.15, 0.2) is 6.29 Å². The number of aldehydes is 1. The zero-order valence-electron chi connectivity index (χ0n) is 47.6. The molecule has 2 saturated heterocycles. The molecule has 0 radical (unpaired) electrons. The van der Waals surface area contributed by atoms with Crippen LogP contribution in [-0.4, -0.2) is 208 Å². The van der Waals surface area contributed by atoms with E-state index in [-0.39, 0.29) is 84.7 Å². The summed E-state index contributed by atoms with van der Waals surface area (Å²) in [7, 11) is 5.11. The number of carbonyl (C=O) groups is 5. The molecule has 438 valence electrons. The van der Waals surface area contributed by atoms with Gasteiger partial charge >= 0.3 is 5.97 Å². The number of hydrogen-bond acceptors (Lipinski definition) is 19. The molecule has 1 aromatic heterocycles. The second-order valence-corrected chi connectivity index (χ2v) is 22.3. The first kappa shape index (κ1) is 62.1. The highest BCUT2D eigenvalue weighted by molar-refractivity contribution is 8.01. The van der Waals surface area contributed by atoms with Gasteiger partial charge in [-0.3, -0.25) is 38.9 Å². The number of carbonyl (C=O) groups excluding carboxylic acids is 5. The lowest BCUT2D eigenvalue weighted by molar-refractivity contribution is -0.142. The molecule has 2 fully saturated rings. The van der Waals surface area contributed by atoms with Crippen LogP contribution in [-0.2, 0) is 53.1 Å². The molecule has 0 aliphatic carbocycles. The van der Waals surface area contributed by atoms with Crippen molar-refractivity contribution in [2.45, 2.75) is 83.6 Å². The van der Waals surface area contributed by atoms with Crippen LogP contribution in [0.3, 0.4) is 0 Å². The molecular formula is C59H77N7O14S. The highest BCUT2D eigenvalue weighted by Crippen LogP contribution is 2.38. The van der Waals surface area contributed by atoms with Crippen molar-refractivity contribution in [3.8, 4) is 17.2 Å². The second kappa shape index (κ2) is 30.5. The largest absolute Gasteiger partial charge is 0.492 e. The summed E-state index contributed by atoms with van der Waals surface area (Å²) in [5.41, 5.74) is 5.44. The van der Waals surface area contributed by atoms with E-state index in [4.69, 9.17) is 43.1 Å². The first-order valence-corrected chi connectivity index (χ1v) is 28.3. The van der Waals surface area contributed by atoms with Gasteiger partial charge < -0.3 is 62.6 Å².